The van der Waals surface area contributed by atoms with Gasteiger partial charge in [0, 0.05) is 24.6 Å². The maximum absolute atomic E-state index is 14.2. The molecule has 9 nitrogen and oxygen atoms in total. The lowest BCUT2D eigenvalue weighted by Crippen LogP contribution is -2.56. The molecule has 0 heterocycles. The highest BCUT2D eigenvalue weighted by Crippen LogP contribution is 2.33. The van der Waals surface area contributed by atoms with E-state index in [-0.39, 0.29) is 29.6 Å². The monoisotopic (exact) mass is 649 g/mol. The fourth-order valence-corrected chi connectivity index (χ4v) is 5.60. The molecule has 12 heteroatoms. The van der Waals surface area contributed by atoms with Crippen molar-refractivity contribution < 1.29 is 27.5 Å². The van der Waals surface area contributed by atoms with E-state index in [4.69, 9.17) is 32.7 Å². The van der Waals surface area contributed by atoms with Gasteiger partial charge in [-0.2, -0.15) is 0 Å². The highest BCUT2D eigenvalue weighted by Gasteiger charge is 2.34. The predicted octanol–water partition coefficient (Wildman–Crippen LogP) is 5.33. The van der Waals surface area contributed by atoms with Crippen LogP contribution in [0.5, 0.6) is 11.5 Å². The van der Waals surface area contributed by atoms with E-state index in [0.717, 1.165) is 16.1 Å². The van der Waals surface area contributed by atoms with Crippen LogP contribution in [0.4, 0.5) is 5.69 Å². The van der Waals surface area contributed by atoms with Crippen LogP contribution in [0.15, 0.2) is 66.7 Å². The molecule has 0 aliphatic rings. The zero-order chi connectivity index (χ0) is 31.9. The van der Waals surface area contributed by atoms with Crippen molar-refractivity contribution in [2.75, 3.05) is 31.3 Å². The zero-order valence-corrected chi connectivity index (χ0v) is 27.4. The second-order valence-corrected chi connectivity index (χ2v) is 13.7. The van der Waals surface area contributed by atoms with Gasteiger partial charge in [-0.25, -0.2) is 8.42 Å². The Balaban J connectivity index is 2.12. The molecule has 0 aliphatic carbocycles. The number of amides is 2. The SMILES string of the molecule is COc1ccc(N(CC(=O)N(Cc2ccc(Cl)c(Cl)c2)C(Cc2ccccc2)C(=O)NC(C)(C)C)S(C)(=O)=O)cc1OC. The number of anilines is 1. The van der Waals surface area contributed by atoms with E-state index in [9.17, 15) is 18.0 Å². The normalized spacial score (nSPS) is 12.3. The Kier molecular flexibility index (Phi) is 11.3. The van der Waals surface area contributed by atoms with Gasteiger partial charge < -0.3 is 19.7 Å². The first-order valence-corrected chi connectivity index (χ1v) is 16.0. The smallest absolute Gasteiger partial charge is 0.244 e. The molecule has 0 aliphatic heterocycles. The molecule has 1 unspecified atom stereocenters. The molecule has 1 atom stereocenters. The van der Waals surface area contributed by atoms with Crippen molar-refractivity contribution in [1.82, 2.24) is 10.2 Å². The van der Waals surface area contributed by atoms with Crippen LogP contribution in [-0.2, 0) is 32.6 Å². The van der Waals surface area contributed by atoms with Crippen LogP contribution in [0.1, 0.15) is 31.9 Å². The average Bonchev–Trinajstić information content (AvgIpc) is 2.94. The number of ether oxygens (including phenoxy) is 2. The summed E-state index contributed by atoms with van der Waals surface area (Å²) in [6.07, 6.45) is 1.19. The first-order valence-electron chi connectivity index (χ1n) is 13.4. The second-order valence-electron chi connectivity index (χ2n) is 11.0. The largest absolute Gasteiger partial charge is 0.493 e. The molecule has 1 N–H and O–H groups in total. The van der Waals surface area contributed by atoms with Gasteiger partial charge in [-0.1, -0.05) is 59.6 Å². The fourth-order valence-electron chi connectivity index (χ4n) is 4.44. The second kappa shape index (κ2) is 14.3. The van der Waals surface area contributed by atoms with Crippen molar-refractivity contribution in [3.63, 3.8) is 0 Å². The number of methoxy groups -OCH3 is 2. The summed E-state index contributed by atoms with van der Waals surface area (Å²) in [4.78, 5) is 29.4. The van der Waals surface area contributed by atoms with Gasteiger partial charge in [-0.15, -0.1) is 0 Å². The molecule has 0 saturated heterocycles. The van der Waals surface area contributed by atoms with E-state index >= 15 is 0 Å². The summed E-state index contributed by atoms with van der Waals surface area (Å²) in [6.45, 7) is 4.92. The minimum Gasteiger partial charge on any atom is -0.493 e. The Morgan fingerprint density at radius 1 is 0.884 bits per heavy atom. The first-order chi connectivity index (χ1) is 20.1. The van der Waals surface area contributed by atoms with Crippen molar-refractivity contribution in [3.8, 4) is 11.5 Å². The molecule has 0 bridgehead atoms. The molecular formula is C31H37Cl2N3O6S. The van der Waals surface area contributed by atoms with Gasteiger partial charge in [0.2, 0.25) is 21.8 Å². The van der Waals surface area contributed by atoms with Gasteiger partial charge >= 0.3 is 0 Å². The van der Waals surface area contributed by atoms with Crippen LogP contribution in [-0.4, -0.2) is 63.7 Å². The fraction of sp³-hybridized carbons (Fsp3) is 0.355. The summed E-state index contributed by atoms with van der Waals surface area (Å²) >= 11 is 12.4. The lowest BCUT2D eigenvalue weighted by molar-refractivity contribution is -0.140. The van der Waals surface area contributed by atoms with Crippen molar-refractivity contribution in [3.05, 3.63) is 87.9 Å². The maximum atomic E-state index is 14.2. The highest BCUT2D eigenvalue weighted by atomic mass is 35.5. The van der Waals surface area contributed by atoms with Gasteiger partial charge in [0.15, 0.2) is 11.5 Å². The molecule has 2 amide bonds. The van der Waals surface area contributed by atoms with E-state index in [2.05, 4.69) is 5.32 Å². The first kappa shape index (κ1) is 34.0. The number of nitrogens with one attached hydrogen (secondary N) is 1. The van der Waals surface area contributed by atoms with Crippen molar-refractivity contribution >= 4 is 50.7 Å². The van der Waals surface area contributed by atoms with Crippen LogP contribution >= 0.6 is 23.2 Å². The predicted molar refractivity (Wildman–Crippen MR) is 171 cm³/mol. The topological polar surface area (TPSA) is 105 Å². The third kappa shape index (κ3) is 9.51. The van der Waals surface area contributed by atoms with Crippen LogP contribution in [0.25, 0.3) is 0 Å². The summed E-state index contributed by atoms with van der Waals surface area (Å²) < 4.78 is 37.7. The number of carbonyl (C=O) groups is 2. The third-order valence-corrected chi connectivity index (χ3v) is 8.32. The molecule has 3 rings (SSSR count). The van der Waals surface area contributed by atoms with Crippen LogP contribution in [0.2, 0.25) is 10.0 Å². The molecule has 0 saturated carbocycles. The van der Waals surface area contributed by atoms with Crippen molar-refractivity contribution in [2.45, 2.75) is 45.3 Å². The van der Waals surface area contributed by atoms with E-state index in [1.807, 2.05) is 51.1 Å². The van der Waals surface area contributed by atoms with Crippen molar-refractivity contribution in [1.29, 1.82) is 0 Å². The highest BCUT2D eigenvalue weighted by molar-refractivity contribution is 7.92. The van der Waals surface area contributed by atoms with E-state index < -0.39 is 34.1 Å². The van der Waals surface area contributed by atoms with Gasteiger partial charge in [0.25, 0.3) is 0 Å². The van der Waals surface area contributed by atoms with Crippen LogP contribution < -0.4 is 19.1 Å². The Bertz CT molecular complexity index is 1540. The van der Waals surface area contributed by atoms with E-state index in [1.165, 1.54) is 31.3 Å². The summed E-state index contributed by atoms with van der Waals surface area (Å²) in [5.74, 6) is -0.299. The summed E-state index contributed by atoms with van der Waals surface area (Å²) in [5, 5.41) is 3.61. The number of rotatable bonds is 12. The van der Waals surface area contributed by atoms with E-state index in [1.54, 1.807) is 24.3 Å². The minimum atomic E-state index is -3.96. The van der Waals surface area contributed by atoms with Crippen LogP contribution in [0, 0.1) is 0 Å². The van der Waals surface area contributed by atoms with Gasteiger partial charge in [0.05, 0.1) is 36.2 Å². The molecule has 0 fully saturated rings. The number of halogens is 2. The Hall–Kier alpha value is -3.47. The van der Waals surface area contributed by atoms with Gasteiger partial charge in [-0.05, 0) is 56.2 Å². The molecule has 0 spiro atoms. The molecular weight excluding hydrogens is 613 g/mol. The Labute approximate surface area is 263 Å². The van der Waals surface area contributed by atoms with Gasteiger partial charge in [-0.3, -0.25) is 13.9 Å². The summed E-state index contributed by atoms with van der Waals surface area (Å²) in [5.41, 5.74) is 1.04. The number of nitrogens with zero attached hydrogens (tertiary/aromatic N) is 2. The molecule has 0 radical (unpaired) electrons. The van der Waals surface area contributed by atoms with Crippen molar-refractivity contribution in [2.24, 2.45) is 0 Å². The number of carbonyl (C=O) groups excluding carboxylic acids is 2. The Morgan fingerprint density at radius 2 is 1.53 bits per heavy atom. The lowest BCUT2D eigenvalue weighted by atomic mass is 10.0. The third-order valence-electron chi connectivity index (χ3n) is 6.44. The van der Waals surface area contributed by atoms with E-state index in [0.29, 0.717) is 22.1 Å². The average molecular weight is 651 g/mol. The quantitative estimate of drug-likeness (QED) is 0.284. The van der Waals surface area contributed by atoms with Gasteiger partial charge in [0.1, 0.15) is 12.6 Å². The molecule has 3 aromatic rings. The number of hydrogen-bond donors (Lipinski definition) is 1. The maximum Gasteiger partial charge on any atom is 0.244 e. The van der Waals surface area contributed by atoms with Crippen LogP contribution in [0.3, 0.4) is 0 Å². The minimum absolute atomic E-state index is 0.0334. The Morgan fingerprint density at radius 3 is 2.09 bits per heavy atom. The lowest BCUT2D eigenvalue weighted by Gasteiger charge is -2.35. The molecule has 3 aromatic carbocycles. The number of benzene rings is 3. The standard InChI is InChI=1S/C31H37Cl2N3O6S/c1-31(2,3)34-30(38)26(17-21-10-8-7-9-11-21)35(19-22-12-14-24(32)25(33)16-22)29(37)20-36(43(6,39)40)23-13-15-27(41-4)28(18-23)42-5/h7-16,18,26H,17,19-20H2,1-6H3,(H,34,38). The number of hydrogen-bond acceptors (Lipinski definition) is 6. The summed E-state index contributed by atoms with van der Waals surface area (Å²) in [6, 6.07) is 17.8. The molecule has 43 heavy (non-hydrogen) atoms. The number of sulfonamides is 1. The summed E-state index contributed by atoms with van der Waals surface area (Å²) in [7, 11) is -1.07. The molecule has 0 aromatic heterocycles. The zero-order valence-electron chi connectivity index (χ0n) is 25.1. The molecule has 232 valence electrons.